The van der Waals surface area contributed by atoms with E-state index in [0.717, 1.165) is 58.3 Å². The van der Waals surface area contributed by atoms with Gasteiger partial charge in [-0.2, -0.15) is 5.26 Å². The van der Waals surface area contributed by atoms with Crippen molar-refractivity contribution in [1.82, 2.24) is 4.98 Å². The number of nitrogens with zero attached hydrogens (tertiary/aromatic N) is 2. The highest BCUT2D eigenvalue weighted by Gasteiger charge is 2.23. The lowest BCUT2D eigenvalue weighted by molar-refractivity contribution is 0.341. The van der Waals surface area contributed by atoms with E-state index in [1.807, 2.05) is 25.1 Å². The average Bonchev–Trinajstić information content (AvgIpc) is 2.80. The molecule has 2 N–H and O–H groups in total. The lowest BCUT2D eigenvalue weighted by Gasteiger charge is -2.18. The first-order chi connectivity index (χ1) is 11.7. The molecule has 1 aromatic carbocycles. The molecular formula is C19H20BrN3O. The zero-order valence-electron chi connectivity index (χ0n) is 13.7. The summed E-state index contributed by atoms with van der Waals surface area (Å²) in [6.07, 6.45) is 5.23. The van der Waals surface area contributed by atoms with E-state index in [2.05, 4.69) is 27.0 Å². The Hall–Kier alpha value is -2.06. The van der Waals surface area contributed by atoms with Gasteiger partial charge in [0.05, 0.1) is 6.61 Å². The van der Waals surface area contributed by atoms with Crippen molar-refractivity contribution in [3.63, 3.8) is 0 Å². The molecule has 0 saturated carbocycles. The zero-order valence-corrected chi connectivity index (χ0v) is 15.3. The number of hydrogen-bond acceptors (Lipinski definition) is 4. The number of ether oxygens (including phenoxy) is 1. The first-order valence-electron chi connectivity index (χ1n) is 8.29. The van der Waals surface area contributed by atoms with E-state index >= 15 is 0 Å². The minimum atomic E-state index is 0.315. The van der Waals surface area contributed by atoms with Crippen molar-refractivity contribution in [2.24, 2.45) is 0 Å². The Balaban J connectivity index is 2.33. The minimum absolute atomic E-state index is 0.315. The van der Waals surface area contributed by atoms with Crippen LogP contribution in [0.25, 0.3) is 11.1 Å². The summed E-state index contributed by atoms with van der Waals surface area (Å²) < 4.78 is 6.76. The molecule has 0 bridgehead atoms. The van der Waals surface area contributed by atoms with Gasteiger partial charge in [-0.15, -0.1) is 0 Å². The number of aromatic nitrogens is 1. The molecular weight excluding hydrogens is 366 g/mol. The maximum atomic E-state index is 9.70. The van der Waals surface area contributed by atoms with Gasteiger partial charge in [0.1, 0.15) is 23.2 Å². The van der Waals surface area contributed by atoms with E-state index in [-0.39, 0.29) is 0 Å². The van der Waals surface area contributed by atoms with Crippen LogP contribution < -0.4 is 10.5 Å². The zero-order chi connectivity index (χ0) is 17.1. The fraction of sp³-hybridized carbons (Fsp3) is 0.368. The number of aryl methyl sites for hydroxylation is 1. The van der Waals surface area contributed by atoms with Gasteiger partial charge < -0.3 is 10.5 Å². The van der Waals surface area contributed by atoms with Gasteiger partial charge in [0.2, 0.25) is 0 Å². The average molecular weight is 386 g/mol. The van der Waals surface area contributed by atoms with E-state index in [9.17, 15) is 5.26 Å². The Bertz CT molecular complexity index is 811. The highest BCUT2D eigenvalue weighted by atomic mass is 79.9. The lowest BCUT2D eigenvalue weighted by Crippen LogP contribution is -2.07. The smallest absolute Gasteiger partial charge is 0.142 e. The van der Waals surface area contributed by atoms with Crippen molar-refractivity contribution in [2.75, 3.05) is 12.3 Å². The van der Waals surface area contributed by atoms with Crippen LogP contribution in [0.2, 0.25) is 0 Å². The molecule has 0 fully saturated rings. The predicted octanol–water partition coefficient (Wildman–Crippen LogP) is 4.63. The molecule has 5 heteroatoms. The fourth-order valence-electron chi connectivity index (χ4n) is 3.33. The number of anilines is 1. The number of pyridine rings is 1. The van der Waals surface area contributed by atoms with E-state index in [1.165, 1.54) is 6.42 Å². The van der Waals surface area contributed by atoms with Gasteiger partial charge in [0.25, 0.3) is 0 Å². The molecule has 3 rings (SSSR count). The second-order valence-electron chi connectivity index (χ2n) is 5.92. The number of fused-ring (bicyclic) bond motifs is 1. The molecule has 124 valence electrons. The van der Waals surface area contributed by atoms with Crippen molar-refractivity contribution in [1.29, 1.82) is 5.26 Å². The van der Waals surface area contributed by atoms with Gasteiger partial charge in [-0.25, -0.2) is 4.98 Å². The summed E-state index contributed by atoms with van der Waals surface area (Å²) in [5.41, 5.74) is 10.6. The van der Waals surface area contributed by atoms with Crippen LogP contribution in [0.3, 0.4) is 0 Å². The molecule has 0 radical (unpaired) electrons. The van der Waals surface area contributed by atoms with E-state index < -0.39 is 0 Å². The number of benzene rings is 1. The molecule has 1 aliphatic carbocycles. The highest BCUT2D eigenvalue weighted by molar-refractivity contribution is 9.10. The molecule has 1 aromatic heterocycles. The third-order valence-corrected chi connectivity index (χ3v) is 4.87. The quantitative estimate of drug-likeness (QED) is 0.781. The van der Waals surface area contributed by atoms with Crippen LogP contribution in [0.4, 0.5) is 5.82 Å². The summed E-state index contributed by atoms with van der Waals surface area (Å²) in [7, 11) is 0. The van der Waals surface area contributed by atoms with E-state index in [4.69, 9.17) is 10.5 Å². The van der Waals surface area contributed by atoms with Gasteiger partial charge in [-0.1, -0.05) is 22.4 Å². The molecule has 0 amide bonds. The van der Waals surface area contributed by atoms with Crippen molar-refractivity contribution < 1.29 is 4.74 Å². The second-order valence-corrected chi connectivity index (χ2v) is 6.83. The second kappa shape index (κ2) is 7.23. The molecule has 0 aliphatic heterocycles. The van der Waals surface area contributed by atoms with Gasteiger partial charge in [-0.05, 0) is 56.4 Å². The summed E-state index contributed by atoms with van der Waals surface area (Å²) in [5, 5.41) is 9.70. The Labute approximate surface area is 150 Å². The Morgan fingerprint density at radius 3 is 2.83 bits per heavy atom. The van der Waals surface area contributed by atoms with Gasteiger partial charge >= 0.3 is 0 Å². The van der Waals surface area contributed by atoms with Gasteiger partial charge in [0, 0.05) is 21.3 Å². The molecule has 1 heterocycles. The summed E-state index contributed by atoms with van der Waals surface area (Å²) in [4.78, 5) is 4.53. The number of halogens is 1. The van der Waals surface area contributed by atoms with Crippen molar-refractivity contribution in [2.45, 2.75) is 39.0 Å². The Kier molecular flexibility index (Phi) is 5.06. The van der Waals surface area contributed by atoms with Crippen LogP contribution in [-0.2, 0) is 12.8 Å². The van der Waals surface area contributed by atoms with Crippen LogP contribution in [0.1, 0.15) is 43.0 Å². The highest BCUT2D eigenvalue weighted by Crippen LogP contribution is 2.41. The van der Waals surface area contributed by atoms with Crippen molar-refractivity contribution >= 4 is 21.7 Å². The maximum Gasteiger partial charge on any atom is 0.142 e. The van der Waals surface area contributed by atoms with Gasteiger partial charge in [-0.3, -0.25) is 0 Å². The van der Waals surface area contributed by atoms with Crippen LogP contribution in [-0.4, -0.2) is 11.6 Å². The third-order valence-electron chi connectivity index (χ3n) is 4.37. The molecule has 1 aliphatic rings. The van der Waals surface area contributed by atoms with Crippen molar-refractivity contribution in [3.05, 3.63) is 39.5 Å². The monoisotopic (exact) mass is 385 g/mol. The lowest BCUT2D eigenvalue weighted by atomic mass is 9.91. The molecule has 4 nitrogen and oxygen atoms in total. The maximum absolute atomic E-state index is 9.70. The molecule has 0 saturated heterocycles. The third kappa shape index (κ3) is 3.11. The first kappa shape index (κ1) is 16.8. The van der Waals surface area contributed by atoms with Crippen LogP contribution in [0.15, 0.2) is 22.7 Å². The number of hydrogen-bond donors (Lipinski definition) is 1. The first-order valence-corrected chi connectivity index (χ1v) is 9.09. The molecule has 0 unspecified atom stereocenters. The van der Waals surface area contributed by atoms with E-state index in [1.54, 1.807) is 0 Å². The number of nitriles is 1. The standard InChI is InChI=1S/C19H20BrN3O/c1-2-24-17-9-8-12(20)10-14(17)18-13-6-4-3-5-7-16(13)23-19(22)15(18)11-21/h8-10H,2-7H2,1H3,(H2,22,23). The van der Waals surface area contributed by atoms with Crippen LogP contribution in [0.5, 0.6) is 5.75 Å². The topological polar surface area (TPSA) is 71.9 Å². The molecule has 2 aromatic rings. The SMILES string of the molecule is CCOc1ccc(Br)cc1-c1c(C#N)c(N)nc2c1CCCCC2. The minimum Gasteiger partial charge on any atom is -0.493 e. The molecule has 24 heavy (non-hydrogen) atoms. The van der Waals surface area contributed by atoms with Crippen LogP contribution in [0, 0.1) is 11.3 Å². The van der Waals surface area contributed by atoms with Crippen LogP contribution >= 0.6 is 15.9 Å². The summed E-state index contributed by atoms with van der Waals surface area (Å²) in [6.45, 7) is 2.53. The van der Waals surface area contributed by atoms with Gasteiger partial charge in [0.15, 0.2) is 0 Å². The van der Waals surface area contributed by atoms with E-state index in [0.29, 0.717) is 18.0 Å². The number of rotatable bonds is 3. The summed E-state index contributed by atoms with van der Waals surface area (Å²) in [6, 6.07) is 8.15. The molecule has 0 spiro atoms. The largest absolute Gasteiger partial charge is 0.493 e. The normalized spacial score (nSPS) is 13.7. The fourth-order valence-corrected chi connectivity index (χ4v) is 3.69. The predicted molar refractivity (Wildman–Crippen MR) is 98.9 cm³/mol. The number of nitrogen functional groups attached to an aromatic ring is 1. The summed E-state index contributed by atoms with van der Waals surface area (Å²) >= 11 is 3.54. The Morgan fingerprint density at radius 1 is 1.29 bits per heavy atom. The molecule has 0 atom stereocenters. The van der Waals surface area contributed by atoms with Crippen molar-refractivity contribution in [3.8, 4) is 22.9 Å². The summed E-state index contributed by atoms with van der Waals surface area (Å²) in [5.74, 6) is 1.09. The number of nitrogens with two attached hydrogens (primary N) is 1. The Morgan fingerprint density at radius 2 is 2.08 bits per heavy atom.